The quantitative estimate of drug-likeness (QED) is 0.307. The van der Waals surface area contributed by atoms with E-state index >= 15 is 0 Å². The molecule has 0 spiro atoms. The first kappa shape index (κ1) is 22.8. The molecule has 0 nitrogen and oxygen atoms in total. The minimum atomic E-state index is -1.25. The Hall–Kier alpha value is 0.794. The summed E-state index contributed by atoms with van der Waals surface area (Å²) in [7, 11) is -2.51. The summed E-state index contributed by atoms with van der Waals surface area (Å²) in [6, 6.07) is 12.6. The largest absolute Gasteiger partial charge is 0.0791 e. The normalized spacial score (nSPS) is 11.8. The summed E-state index contributed by atoms with van der Waals surface area (Å²) in [5.74, 6) is 0. The second-order valence-electron chi connectivity index (χ2n) is 7.70. The second-order valence-corrected chi connectivity index (χ2v) is 21.1. The molecular weight excluding hydrogens is 592 g/mol. The van der Waals surface area contributed by atoms with Crippen LogP contribution in [0.15, 0.2) is 54.3 Å². The van der Waals surface area contributed by atoms with Gasteiger partial charge in [-0.15, -0.1) is 0 Å². The fourth-order valence-corrected chi connectivity index (χ4v) is 10.1. The van der Waals surface area contributed by atoms with Crippen LogP contribution in [0.3, 0.4) is 0 Å². The van der Waals surface area contributed by atoms with Crippen LogP contribution in [0.4, 0.5) is 0 Å². The maximum absolute atomic E-state index is 3.77. The Morgan fingerprint density at radius 2 is 0.833 bits per heavy atom. The summed E-state index contributed by atoms with van der Waals surface area (Å²) in [4.78, 5) is 0. The molecule has 0 heterocycles. The summed E-state index contributed by atoms with van der Waals surface area (Å²) in [6.45, 7) is 14.3. The monoisotopic (exact) mass is 612 g/mol. The molecule has 0 atom stereocenters. The fraction of sp³-hybridized carbons (Fsp3) is 0.333. The van der Waals surface area contributed by atoms with E-state index in [-0.39, 0.29) is 0 Å². The zero-order valence-electron chi connectivity index (χ0n) is 15.0. The first-order valence-electron chi connectivity index (χ1n) is 7.74. The van der Waals surface area contributed by atoms with Gasteiger partial charge in [-0.1, -0.05) is 63.5 Å². The Bertz CT molecular complexity index is 641. The molecular formula is C18H24Br4Si2. The van der Waals surface area contributed by atoms with Gasteiger partial charge in [0.05, 0.1) is 16.1 Å². The smallest absolute Gasteiger partial charge is 0.0656 e. The van der Waals surface area contributed by atoms with Gasteiger partial charge in [-0.25, -0.2) is 0 Å². The van der Waals surface area contributed by atoms with Crippen LogP contribution in [0.5, 0.6) is 0 Å². The highest BCUT2D eigenvalue weighted by molar-refractivity contribution is 9.13. The first-order chi connectivity index (χ1) is 10.9. The van der Waals surface area contributed by atoms with E-state index in [4.69, 9.17) is 0 Å². The molecule has 24 heavy (non-hydrogen) atoms. The lowest BCUT2D eigenvalue weighted by Gasteiger charge is -2.25. The predicted octanol–water partition coefficient (Wildman–Crippen LogP) is 7.51. The minimum Gasteiger partial charge on any atom is -0.0656 e. The van der Waals surface area contributed by atoms with Crippen molar-refractivity contribution in [1.82, 2.24) is 0 Å². The summed E-state index contributed by atoms with van der Waals surface area (Å²) >= 11 is 14.2. The average molecular weight is 616 g/mol. The van der Waals surface area contributed by atoms with E-state index in [9.17, 15) is 0 Å². The Morgan fingerprint density at radius 3 is 1.04 bits per heavy atom. The highest BCUT2D eigenvalue weighted by atomic mass is 79.9. The molecule has 0 bridgehead atoms. The molecule has 0 unspecified atom stereocenters. The van der Waals surface area contributed by atoms with E-state index in [1.54, 1.807) is 0 Å². The fourth-order valence-electron chi connectivity index (χ4n) is 2.15. The summed E-state index contributed by atoms with van der Waals surface area (Å²) in [6.07, 6.45) is 0. The van der Waals surface area contributed by atoms with Crippen molar-refractivity contribution in [1.29, 1.82) is 0 Å². The lowest BCUT2D eigenvalue weighted by atomic mass is 10.4. The molecule has 132 valence electrons. The molecule has 0 aromatic heterocycles. The van der Waals surface area contributed by atoms with Crippen LogP contribution in [0, 0.1) is 0 Å². The van der Waals surface area contributed by atoms with E-state index in [0.717, 1.165) is 8.95 Å². The number of rotatable bonds is 2. The number of halogens is 4. The van der Waals surface area contributed by atoms with Crippen molar-refractivity contribution >= 4 is 90.2 Å². The van der Waals surface area contributed by atoms with Crippen LogP contribution in [-0.4, -0.2) is 16.1 Å². The van der Waals surface area contributed by atoms with E-state index in [0.29, 0.717) is 0 Å². The molecule has 0 amide bonds. The third-order valence-corrected chi connectivity index (χ3v) is 12.4. The van der Waals surface area contributed by atoms with E-state index in [1.807, 2.05) is 24.3 Å². The highest BCUT2D eigenvalue weighted by Gasteiger charge is 2.26. The van der Waals surface area contributed by atoms with Crippen molar-refractivity contribution in [3.63, 3.8) is 0 Å². The molecule has 0 fully saturated rings. The van der Waals surface area contributed by atoms with E-state index in [2.05, 4.69) is 115 Å². The van der Waals surface area contributed by atoms with Crippen molar-refractivity contribution < 1.29 is 0 Å². The zero-order chi connectivity index (χ0) is 18.7. The topological polar surface area (TPSA) is 0 Å². The SMILES string of the molecule is Brc1ccccc1Br.C[Si](C)(C)c1ccc([Si](C)(C)C)c(Br)c1Br. The number of benzene rings is 2. The van der Waals surface area contributed by atoms with Gasteiger partial charge < -0.3 is 0 Å². The van der Waals surface area contributed by atoms with Crippen molar-refractivity contribution in [3.05, 3.63) is 54.3 Å². The molecule has 0 aliphatic rings. The summed E-state index contributed by atoms with van der Waals surface area (Å²) in [5.41, 5.74) is 0. The maximum Gasteiger partial charge on any atom is 0.0791 e. The molecule has 0 radical (unpaired) electrons. The standard InChI is InChI=1S/C12H20Br2Si2.C6H4Br2/c1-15(2,3)9-7-8-10(16(4,5)6)12(14)11(9)13;7-5-3-1-2-4-6(5)8/h7-8H,1-6H3;1-4H. The van der Waals surface area contributed by atoms with Crippen molar-refractivity contribution in [2.45, 2.75) is 39.3 Å². The van der Waals surface area contributed by atoms with Crippen molar-refractivity contribution in [3.8, 4) is 0 Å². The van der Waals surface area contributed by atoms with Crippen LogP contribution in [0.2, 0.25) is 39.3 Å². The Morgan fingerprint density at radius 1 is 0.542 bits per heavy atom. The Balaban J connectivity index is 0.000000300. The summed E-state index contributed by atoms with van der Waals surface area (Å²) in [5, 5.41) is 3.00. The lowest BCUT2D eigenvalue weighted by Crippen LogP contribution is -2.44. The van der Waals surface area contributed by atoms with Gasteiger partial charge in [-0.2, -0.15) is 0 Å². The number of hydrogen-bond donors (Lipinski definition) is 0. The van der Waals surface area contributed by atoms with Gasteiger partial charge in [-0.3, -0.25) is 0 Å². The maximum atomic E-state index is 3.77. The predicted molar refractivity (Wildman–Crippen MR) is 130 cm³/mol. The summed E-state index contributed by atoms with van der Waals surface area (Å²) < 4.78 is 4.76. The van der Waals surface area contributed by atoms with Crippen LogP contribution in [0.1, 0.15) is 0 Å². The van der Waals surface area contributed by atoms with Crippen LogP contribution in [-0.2, 0) is 0 Å². The average Bonchev–Trinajstić information content (AvgIpc) is 2.43. The zero-order valence-corrected chi connectivity index (χ0v) is 23.3. The molecule has 6 heteroatoms. The Labute approximate surface area is 182 Å². The third-order valence-electron chi connectivity index (χ3n) is 3.52. The van der Waals surface area contributed by atoms with Crippen molar-refractivity contribution in [2.75, 3.05) is 0 Å². The van der Waals surface area contributed by atoms with Crippen LogP contribution in [0.25, 0.3) is 0 Å². The molecule has 2 rings (SSSR count). The third kappa shape index (κ3) is 6.51. The first-order valence-corrected chi connectivity index (χ1v) is 17.9. The molecule has 0 N–H and O–H groups in total. The number of hydrogen-bond acceptors (Lipinski definition) is 0. The van der Waals surface area contributed by atoms with Crippen molar-refractivity contribution in [2.24, 2.45) is 0 Å². The van der Waals surface area contributed by atoms with Gasteiger partial charge >= 0.3 is 0 Å². The van der Waals surface area contributed by atoms with Gasteiger partial charge in [0.25, 0.3) is 0 Å². The molecule has 0 aliphatic heterocycles. The lowest BCUT2D eigenvalue weighted by molar-refractivity contribution is 1.59. The van der Waals surface area contributed by atoms with Gasteiger partial charge in [0.15, 0.2) is 0 Å². The molecule has 2 aromatic rings. The Kier molecular flexibility index (Phi) is 8.69. The van der Waals surface area contributed by atoms with Crippen LogP contribution < -0.4 is 10.4 Å². The van der Waals surface area contributed by atoms with E-state index < -0.39 is 16.1 Å². The van der Waals surface area contributed by atoms with Gasteiger partial charge in [0, 0.05) is 17.9 Å². The van der Waals surface area contributed by atoms with Gasteiger partial charge in [0.1, 0.15) is 0 Å². The second kappa shape index (κ2) is 9.13. The van der Waals surface area contributed by atoms with E-state index in [1.165, 1.54) is 19.3 Å². The minimum absolute atomic E-state index is 1.10. The highest BCUT2D eigenvalue weighted by Crippen LogP contribution is 2.24. The molecule has 0 saturated carbocycles. The molecule has 0 saturated heterocycles. The van der Waals surface area contributed by atoms with Gasteiger partial charge in [0.2, 0.25) is 0 Å². The van der Waals surface area contributed by atoms with Crippen LogP contribution >= 0.6 is 63.7 Å². The van der Waals surface area contributed by atoms with Gasteiger partial charge in [-0.05, 0) is 86.2 Å². The molecule has 2 aromatic carbocycles. The molecule has 0 aliphatic carbocycles.